The summed E-state index contributed by atoms with van der Waals surface area (Å²) in [6.07, 6.45) is 7.71. The van der Waals surface area contributed by atoms with E-state index >= 15 is 0 Å². The van der Waals surface area contributed by atoms with Crippen molar-refractivity contribution in [2.24, 2.45) is 4.99 Å². The van der Waals surface area contributed by atoms with E-state index in [4.69, 9.17) is 9.47 Å². The number of hydrogen-bond donors (Lipinski definition) is 1. The van der Waals surface area contributed by atoms with Crippen LogP contribution in [0, 0.1) is 0 Å². The zero-order chi connectivity index (χ0) is 19.8. The molecule has 144 valence electrons. The number of pyridine rings is 2. The predicted octanol–water partition coefficient (Wildman–Crippen LogP) is 4.09. The molecule has 0 spiro atoms. The van der Waals surface area contributed by atoms with Crippen molar-refractivity contribution >= 4 is 23.4 Å². The lowest BCUT2D eigenvalue weighted by atomic mass is 10.0. The molecule has 5 rings (SSSR count). The molecule has 0 saturated carbocycles. The minimum Gasteiger partial charge on any atom is -0.491 e. The Morgan fingerprint density at radius 3 is 2.83 bits per heavy atom. The normalized spacial score (nSPS) is 12.2. The Morgan fingerprint density at radius 2 is 1.97 bits per heavy atom. The Labute approximate surface area is 167 Å². The smallest absolute Gasteiger partial charge is 0.258 e. The average Bonchev–Trinajstić information content (AvgIpc) is 3.42. The number of aromatic nitrogens is 3. The predicted molar refractivity (Wildman–Crippen MR) is 113 cm³/mol. The Balaban J connectivity index is 1.56. The van der Waals surface area contributed by atoms with Gasteiger partial charge >= 0.3 is 0 Å². The molecule has 0 unspecified atom stereocenters. The van der Waals surface area contributed by atoms with Crippen LogP contribution in [-0.4, -0.2) is 34.8 Å². The van der Waals surface area contributed by atoms with Crippen LogP contribution in [-0.2, 0) is 6.54 Å². The van der Waals surface area contributed by atoms with Gasteiger partial charge in [-0.3, -0.25) is 4.99 Å². The fraction of sp³-hybridized carbons (Fsp3) is 0.136. The molecule has 1 aliphatic rings. The van der Waals surface area contributed by atoms with Crippen molar-refractivity contribution in [3.63, 3.8) is 0 Å². The second-order valence-corrected chi connectivity index (χ2v) is 6.72. The Hall–Kier alpha value is -3.87. The van der Waals surface area contributed by atoms with Gasteiger partial charge < -0.3 is 19.2 Å². The molecule has 0 radical (unpaired) electrons. The van der Waals surface area contributed by atoms with Crippen molar-refractivity contribution in [2.45, 2.75) is 6.54 Å². The van der Waals surface area contributed by atoms with E-state index in [0.717, 1.165) is 29.0 Å². The monoisotopic (exact) mass is 385 g/mol. The van der Waals surface area contributed by atoms with Crippen molar-refractivity contribution in [3.8, 4) is 22.8 Å². The number of anilines is 2. The summed E-state index contributed by atoms with van der Waals surface area (Å²) in [6.45, 7) is 0.733. The summed E-state index contributed by atoms with van der Waals surface area (Å²) in [6, 6.07) is 12.2. The molecule has 4 aromatic rings. The summed E-state index contributed by atoms with van der Waals surface area (Å²) in [5, 5.41) is 3.37. The van der Waals surface area contributed by atoms with Crippen LogP contribution in [0.5, 0.6) is 11.6 Å². The summed E-state index contributed by atoms with van der Waals surface area (Å²) in [5.74, 6) is 1.65. The van der Waals surface area contributed by atoms with Crippen molar-refractivity contribution in [1.29, 1.82) is 0 Å². The van der Waals surface area contributed by atoms with Crippen molar-refractivity contribution in [2.75, 3.05) is 19.5 Å². The average molecular weight is 385 g/mol. The first-order valence-corrected chi connectivity index (χ1v) is 9.21. The van der Waals surface area contributed by atoms with E-state index in [1.54, 1.807) is 20.4 Å². The third-order valence-corrected chi connectivity index (χ3v) is 4.96. The molecule has 4 heterocycles. The molecule has 1 aromatic carbocycles. The van der Waals surface area contributed by atoms with E-state index < -0.39 is 0 Å². The molecular weight excluding hydrogens is 366 g/mol. The van der Waals surface area contributed by atoms with Gasteiger partial charge in [-0.15, -0.1) is 0 Å². The number of nitrogens with one attached hydrogen (secondary N) is 1. The highest BCUT2D eigenvalue weighted by Gasteiger charge is 2.13. The molecule has 0 saturated heterocycles. The number of hydrogen-bond acceptors (Lipinski definition) is 6. The summed E-state index contributed by atoms with van der Waals surface area (Å²) >= 11 is 0. The number of imidazole rings is 1. The highest BCUT2D eigenvalue weighted by atomic mass is 16.5. The maximum Gasteiger partial charge on any atom is 0.258 e. The summed E-state index contributed by atoms with van der Waals surface area (Å²) < 4.78 is 12.6. The molecule has 1 N–H and O–H groups in total. The molecule has 0 amide bonds. The number of methoxy groups -OCH3 is 2. The first kappa shape index (κ1) is 17.2. The third kappa shape index (κ3) is 3.06. The molecule has 0 bridgehead atoms. The summed E-state index contributed by atoms with van der Waals surface area (Å²) in [7, 11) is 3.16. The fourth-order valence-corrected chi connectivity index (χ4v) is 3.51. The van der Waals surface area contributed by atoms with E-state index in [-0.39, 0.29) is 0 Å². The Morgan fingerprint density at radius 1 is 1.03 bits per heavy atom. The molecule has 0 fully saturated rings. The standard InChI is InChI=1S/C22H19N5O2/c1-28-19-5-6-20(26-22(19)29-2)25-18-10-17(13-27-8-7-24-21(18)27)14-3-4-15-11-23-12-16(15)9-14/h3-11,13H,12H2,1-2H3,(H,25,26). The molecule has 1 aliphatic heterocycles. The van der Waals surface area contributed by atoms with E-state index in [0.29, 0.717) is 17.4 Å². The SMILES string of the molecule is COc1ccc(Nc2cc(-c3ccc4c(c3)CN=C4)cn3ccnc23)nc1OC. The Bertz CT molecular complexity index is 1250. The van der Waals surface area contributed by atoms with E-state index in [1.165, 1.54) is 11.1 Å². The number of nitrogens with zero attached hydrogens (tertiary/aromatic N) is 4. The lowest BCUT2D eigenvalue weighted by molar-refractivity contribution is 0.343. The zero-order valence-electron chi connectivity index (χ0n) is 16.1. The second kappa shape index (κ2) is 6.94. The quantitative estimate of drug-likeness (QED) is 0.560. The van der Waals surface area contributed by atoms with Crippen LogP contribution in [0.25, 0.3) is 16.8 Å². The van der Waals surface area contributed by atoms with Gasteiger partial charge in [0.05, 0.1) is 26.5 Å². The topological polar surface area (TPSA) is 73.0 Å². The number of ether oxygens (including phenoxy) is 2. The molecule has 3 aromatic heterocycles. The second-order valence-electron chi connectivity index (χ2n) is 6.72. The maximum atomic E-state index is 5.31. The fourth-order valence-electron chi connectivity index (χ4n) is 3.51. The number of rotatable bonds is 5. The van der Waals surface area contributed by atoms with Crippen molar-refractivity contribution < 1.29 is 9.47 Å². The molecule has 0 aliphatic carbocycles. The van der Waals surface area contributed by atoms with Crippen molar-refractivity contribution in [1.82, 2.24) is 14.4 Å². The van der Waals surface area contributed by atoms with Crippen LogP contribution in [0.1, 0.15) is 11.1 Å². The van der Waals surface area contributed by atoms with E-state index in [1.807, 2.05) is 28.9 Å². The minimum absolute atomic E-state index is 0.423. The van der Waals surface area contributed by atoms with Crippen LogP contribution in [0.2, 0.25) is 0 Å². The largest absolute Gasteiger partial charge is 0.491 e. The highest BCUT2D eigenvalue weighted by molar-refractivity contribution is 5.86. The molecule has 29 heavy (non-hydrogen) atoms. The van der Waals surface area contributed by atoms with Crippen LogP contribution >= 0.6 is 0 Å². The number of benzene rings is 1. The zero-order valence-corrected chi connectivity index (χ0v) is 16.1. The van der Waals surface area contributed by atoms with Gasteiger partial charge in [0.2, 0.25) is 0 Å². The first-order chi connectivity index (χ1) is 14.2. The summed E-state index contributed by atoms with van der Waals surface area (Å²) in [4.78, 5) is 13.3. The maximum absolute atomic E-state index is 5.31. The third-order valence-electron chi connectivity index (χ3n) is 4.96. The van der Waals surface area contributed by atoms with Crippen LogP contribution in [0.4, 0.5) is 11.5 Å². The first-order valence-electron chi connectivity index (χ1n) is 9.21. The van der Waals surface area contributed by atoms with Crippen LogP contribution in [0.3, 0.4) is 0 Å². The van der Waals surface area contributed by atoms with Gasteiger partial charge in [0.25, 0.3) is 5.88 Å². The lowest BCUT2D eigenvalue weighted by Gasteiger charge is -2.13. The molecule has 7 nitrogen and oxygen atoms in total. The number of aliphatic imine (C=N–C) groups is 1. The molecule has 7 heteroatoms. The van der Waals surface area contributed by atoms with Gasteiger partial charge in [0.15, 0.2) is 11.4 Å². The van der Waals surface area contributed by atoms with Gasteiger partial charge in [-0.05, 0) is 41.0 Å². The summed E-state index contributed by atoms with van der Waals surface area (Å²) in [5.41, 5.74) is 6.30. The minimum atomic E-state index is 0.423. The van der Waals surface area contributed by atoms with Gasteiger partial charge in [-0.2, -0.15) is 4.98 Å². The lowest BCUT2D eigenvalue weighted by Crippen LogP contribution is -2.00. The Kier molecular flexibility index (Phi) is 4.13. The van der Waals surface area contributed by atoms with Crippen LogP contribution in [0.15, 0.2) is 60.0 Å². The van der Waals surface area contributed by atoms with Crippen LogP contribution < -0.4 is 14.8 Å². The number of fused-ring (bicyclic) bond motifs is 2. The van der Waals surface area contributed by atoms with Gasteiger partial charge in [0, 0.05) is 30.4 Å². The van der Waals surface area contributed by atoms with Gasteiger partial charge in [-0.25, -0.2) is 4.98 Å². The van der Waals surface area contributed by atoms with E-state index in [9.17, 15) is 0 Å². The van der Waals surface area contributed by atoms with Gasteiger partial charge in [0.1, 0.15) is 5.82 Å². The van der Waals surface area contributed by atoms with Crippen molar-refractivity contribution in [3.05, 3.63) is 66.1 Å². The highest BCUT2D eigenvalue weighted by Crippen LogP contribution is 2.31. The molecule has 0 atom stereocenters. The van der Waals surface area contributed by atoms with Gasteiger partial charge in [-0.1, -0.05) is 12.1 Å². The molecular formula is C22H19N5O2. The van der Waals surface area contributed by atoms with E-state index in [2.05, 4.69) is 50.7 Å².